The minimum absolute atomic E-state index is 0.561. The van der Waals surface area contributed by atoms with Crippen molar-refractivity contribution in [2.24, 2.45) is 34.3 Å². The molecule has 0 amide bonds. The highest BCUT2D eigenvalue weighted by Gasteiger charge is 2.53. The van der Waals surface area contributed by atoms with E-state index >= 15 is 0 Å². The van der Waals surface area contributed by atoms with Crippen molar-refractivity contribution in [1.82, 2.24) is 0 Å². The maximum absolute atomic E-state index is 6.20. The molecule has 0 aromatic carbocycles. The Morgan fingerprint density at radius 3 is 1.78 bits per heavy atom. The van der Waals surface area contributed by atoms with Crippen molar-refractivity contribution in [2.45, 2.75) is 70.6 Å². The second-order valence-electron chi connectivity index (χ2n) is 8.51. The highest BCUT2D eigenvalue weighted by molar-refractivity contribution is 5.04. The van der Waals surface area contributed by atoms with Gasteiger partial charge in [0.1, 0.15) is 0 Å². The van der Waals surface area contributed by atoms with Gasteiger partial charge in [-0.2, -0.15) is 0 Å². The van der Waals surface area contributed by atoms with E-state index < -0.39 is 0 Å². The van der Waals surface area contributed by atoms with Crippen molar-refractivity contribution in [3.63, 3.8) is 0 Å². The quantitative estimate of drug-likeness (QED) is 0.798. The Hall–Kier alpha value is -0.0400. The van der Waals surface area contributed by atoms with E-state index in [9.17, 15) is 0 Å². The molecule has 0 atom stereocenters. The van der Waals surface area contributed by atoms with Crippen molar-refractivity contribution in [1.29, 1.82) is 0 Å². The Kier molecular flexibility index (Phi) is 2.60. The van der Waals surface area contributed by atoms with Crippen LogP contribution in [0, 0.1) is 28.6 Å². The first-order valence-corrected chi connectivity index (χ1v) is 8.41. The Balaban J connectivity index is 1.56. The fraction of sp³-hybridized carbons (Fsp3) is 1.00. The van der Waals surface area contributed by atoms with E-state index in [1.54, 1.807) is 38.5 Å². The van der Waals surface area contributed by atoms with Gasteiger partial charge < -0.3 is 5.73 Å². The Morgan fingerprint density at radius 2 is 1.33 bits per heavy atom. The van der Waals surface area contributed by atoms with E-state index in [1.165, 1.54) is 32.1 Å². The topological polar surface area (TPSA) is 26.0 Å². The summed E-state index contributed by atoms with van der Waals surface area (Å²) in [6.07, 6.45) is 16.7. The third kappa shape index (κ3) is 1.77. The molecule has 2 N–H and O–H groups in total. The van der Waals surface area contributed by atoms with Crippen molar-refractivity contribution in [3.8, 4) is 0 Å². The van der Waals surface area contributed by atoms with E-state index in [-0.39, 0.29) is 0 Å². The third-order valence-electron chi connectivity index (χ3n) is 7.01. The predicted octanol–water partition coefficient (Wildman–Crippen LogP) is 4.11. The summed E-state index contributed by atoms with van der Waals surface area (Å²) in [6.45, 7) is 0.967. The first-order valence-electron chi connectivity index (χ1n) is 8.41. The first kappa shape index (κ1) is 11.8. The fourth-order valence-corrected chi connectivity index (χ4v) is 6.88. The van der Waals surface area contributed by atoms with Crippen LogP contribution in [0.15, 0.2) is 0 Å². The van der Waals surface area contributed by atoms with Gasteiger partial charge in [0, 0.05) is 0 Å². The summed E-state index contributed by atoms with van der Waals surface area (Å²) in [5.41, 5.74) is 7.51. The van der Waals surface area contributed by atoms with E-state index in [0.29, 0.717) is 5.41 Å². The monoisotopic (exact) mass is 247 g/mol. The molecule has 1 nitrogen and oxygen atoms in total. The fourth-order valence-electron chi connectivity index (χ4n) is 6.88. The van der Waals surface area contributed by atoms with E-state index in [1.807, 2.05) is 0 Å². The van der Waals surface area contributed by atoms with Crippen molar-refractivity contribution in [3.05, 3.63) is 0 Å². The van der Waals surface area contributed by atoms with Gasteiger partial charge in [-0.05, 0) is 92.9 Å². The highest BCUT2D eigenvalue weighted by Crippen LogP contribution is 2.64. The molecule has 5 rings (SSSR count). The van der Waals surface area contributed by atoms with Gasteiger partial charge in [0.25, 0.3) is 0 Å². The molecule has 0 spiro atoms. The number of rotatable bonds is 3. The van der Waals surface area contributed by atoms with E-state index in [0.717, 1.165) is 29.7 Å². The van der Waals surface area contributed by atoms with Gasteiger partial charge in [0.05, 0.1) is 0 Å². The lowest BCUT2D eigenvalue weighted by molar-refractivity contribution is -0.0768. The summed E-state index contributed by atoms with van der Waals surface area (Å²) in [5.74, 6) is 3.31. The maximum atomic E-state index is 6.20. The lowest BCUT2D eigenvalue weighted by Crippen LogP contribution is -2.49. The van der Waals surface area contributed by atoms with Crippen LogP contribution in [-0.4, -0.2) is 6.54 Å². The molecule has 4 bridgehead atoms. The highest BCUT2D eigenvalue weighted by atomic mass is 14.6. The van der Waals surface area contributed by atoms with Gasteiger partial charge in [0.15, 0.2) is 0 Å². The molecule has 0 heterocycles. The van der Waals surface area contributed by atoms with Crippen LogP contribution < -0.4 is 5.73 Å². The molecular weight excluding hydrogens is 218 g/mol. The van der Waals surface area contributed by atoms with Crippen LogP contribution >= 0.6 is 0 Å². The van der Waals surface area contributed by atoms with Gasteiger partial charge in [-0.1, -0.05) is 12.8 Å². The van der Waals surface area contributed by atoms with Gasteiger partial charge in [0.2, 0.25) is 0 Å². The first-order chi connectivity index (χ1) is 8.71. The molecule has 5 aliphatic carbocycles. The van der Waals surface area contributed by atoms with Crippen LogP contribution in [0.25, 0.3) is 0 Å². The predicted molar refractivity (Wildman–Crippen MR) is 75.2 cm³/mol. The van der Waals surface area contributed by atoms with Crippen LogP contribution in [-0.2, 0) is 0 Å². The van der Waals surface area contributed by atoms with Crippen molar-refractivity contribution >= 4 is 0 Å². The molecule has 5 aliphatic rings. The summed E-state index contributed by atoms with van der Waals surface area (Å²) in [6, 6.07) is 0. The summed E-state index contributed by atoms with van der Waals surface area (Å²) < 4.78 is 0. The van der Waals surface area contributed by atoms with Crippen LogP contribution in [0.5, 0.6) is 0 Å². The zero-order chi connectivity index (χ0) is 12.2. The van der Waals surface area contributed by atoms with Crippen LogP contribution in [0.2, 0.25) is 0 Å². The Bertz CT molecular complexity index is 291. The molecule has 102 valence electrons. The molecular formula is C17H29N. The van der Waals surface area contributed by atoms with Crippen LogP contribution in [0.4, 0.5) is 0 Å². The van der Waals surface area contributed by atoms with Gasteiger partial charge in [-0.15, -0.1) is 0 Å². The molecule has 1 heteroatoms. The Morgan fingerprint density at radius 1 is 0.833 bits per heavy atom. The van der Waals surface area contributed by atoms with E-state index in [2.05, 4.69) is 0 Å². The largest absolute Gasteiger partial charge is 0.330 e. The minimum atomic E-state index is 0.561. The third-order valence-corrected chi connectivity index (χ3v) is 7.01. The molecule has 0 aromatic rings. The zero-order valence-electron chi connectivity index (χ0n) is 11.8. The lowest BCUT2D eigenvalue weighted by Gasteiger charge is -2.59. The molecule has 0 aromatic heterocycles. The molecule has 0 aliphatic heterocycles. The van der Waals surface area contributed by atoms with Gasteiger partial charge in [-0.25, -0.2) is 0 Å². The molecule has 5 fully saturated rings. The number of hydrogen-bond donors (Lipinski definition) is 1. The van der Waals surface area contributed by atoms with Gasteiger partial charge >= 0.3 is 0 Å². The molecule has 0 radical (unpaired) electrons. The number of hydrogen-bond acceptors (Lipinski definition) is 1. The standard InChI is InChI=1S/C17H29N/c18-12-16(3-1-2-4-16)11-17-8-13-5-14(9-17)7-15(6-13)10-17/h13-15H,1-12,18H2. The second kappa shape index (κ2) is 3.98. The van der Waals surface area contributed by atoms with Crippen LogP contribution in [0.1, 0.15) is 70.6 Å². The van der Waals surface area contributed by atoms with Crippen molar-refractivity contribution in [2.75, 3.05) is 6.54 Å². The molecule has 0 saturated heterocycles. The SMILES string of the molecule is NCC1(CC23CC4CC(CC(C4)C2)C3)CCCC1. The minimum Gasteiger partial charge on any atom is -0.330 e. The number of nitrogens with two attached hydrogens (primary N) is 1. The summed E-state index contributed by atoms with van der Waals surface area (Å²) in [7, 11) is 0. The summed E-state index contributed by atoms with van der Waals surface area (Å²) in [4.78, 5) is 0. The van der Waals surface area contributed by atoms with E-state index in [4.69, 9.17) is 5.73 Å². The average Bonchev–Trinajstić information content (AvgIpc) is 2.75. The maximum Gasteiger partial charge on any atom is -0.00203 e. The normalized spacial score (nSPS) is 48.8. The summed E-state index contributed by atoms with van der Waals surface area (Å²) in [5, 5.41) is 0. The van der Waals surface area contributed by atoms with Gasteiger partial charge in [-0.3, -0.25) is 0 Å². The Labute approximate surface area is 112 Å². The molecule has 0 unspecified atom stereocenters. The average molecular weight is 247 g/mol. The second-order valence-corrected chi connectivity index (χ2v) is 8.51. The van der Waals surface area contributed by atoms with Crippen LogP contribution in [0.3, 0.4) is 0 Å². The zero-order valence-corrected chi connectivity index (χ0v) is 11.8. The smallest absolute Gasteiger partial charge is 0.00203 e. The van der Waals surface area contributed by atoms with Crippen molar-refractivity contribution < 1.29 is 0 Å². The lowest BCUT2D eigenvalue weighted by atomic mass is 9.47. The summed E-state index contributed by atoms with van der Waals surface area (Å²) >= 11 is 0. The molecule has 18 heavy (non-hydrogen) atoms. The molecule has 5 saturated carbocycles.